The first-order chi connectivity index (χ1) is 18.6. The van der Waals surface area contributed by atoms with Crippen molar-refractivity contribution in [3.63, 3.8) is 0 Å². The molecule has 0 aliphatic rings. The summed E-state index contributed by atoms with van der Waals surface area (Å²) in [7, 11) is 1.27. The van der Waals surface area contributed by atoms with Crippen LogP contribution in [0, 0.1) is 0 Å². The molecule has 0 saturated heterocycles. The second-order valence-corrected chi connectivity index (χ2v) is 11.3. The van der Waals surface area contributed by atoms with Crippen LogP contribution in [0.2, 0.25) is 0 Å². The molecule has 1 amide bonds. The topological polar surface area (TPSA) is 96.3 Å². The maximum atomic E-state index is 17.2. The van der Waals surface area contributed by atoms with Crippen LogP contribution in [0.5, 0.6) is 0 Å². The molecule has 1 aromatic heterocycles. The molecule has 9 nitrogen and oxygen atoms in total. The van der Waals surface area contributed by atoms with Crippen molar-refractivity contribution >= 4 is 29.1 Å². The van der Waals surface area contributed by atoms with Gasteiger partial charge in [0.15, 0.2) is 0 Å². The van der Waals surface area contributed by atoms with Crippen LogP contribution >= 0.6 is 0 Å². The maximum Gasteiger partial charge on any atom is 0.419 e. The zero-order valence-corrected chi connectivity index (χ0v) is 24.0. The number of methoxy groups -OCH3 is 1. The number of carbonyl (C=O) groups excluding carboxylic acids is 3. The smallest absolute Gasteiger partial charge is 0.419 e. The first-order valence-corrected chi connectivity index (χ1v) is 12.9. The van der Waals surface area contributed by atoms with Crippen LogP contribution in [0.3, 0.4) is 0 Å². The van der Waals surface area contributed by atoms with E-state index in [4.69, 9.17) is 18.9 Å². The Hall–Kier alpha value is -3.92. The molecule has 3 rings (SSSR count). The van der Waals surface area contributed by atoms with Gasteiger partial charge in [-0.1, -0.05) is 48.5 Å². The average Bonchev–Trinajstić information content (AvgIpc) is 3.22. The van der Waals surface area contributed by atoms with Gasteiger partial charge < -0.3 is 18.9 Å². The number of amides is 1. The predicted octanol–water partition coefficient (Wildman–Crippen LogP) is 6.22. The molecule has 0 aliphatic carbocycles. The van der Waals surface area contributed by atoms with Crippen LogP contribution < -0.4 is 0 Å². The van der Waals surface area contributed by atoms with Gasteiger partial charge in [-0.2, -0.15) is 0 Å². The number of benzene rings is 2. The number of nitrogens with zero attached hydrogens (tertiary/aromatic N) is 2. The van der Waals surface area contributed by atoms with E-state index in [1.807, 2.05) is 0 Å². The minimum atomic E-state index is -3.06. The van der Waals surface area contributed by atoms with Crippen molar-refractivity contribution in [1.29, 1.82) is 0 Å². The first-order valence-electron chi connectivity index (χ1n) is 12.9. The largest absolute Gasteiger partial charge is 0.457 e. The SMILES string of the molecule is COCN(C(=O)OC(C)(C)C)[C@@](F)(Cc1cn(C(=O)OC(C)(C)C)c2ccccc12)C(=O)OCc1ccccc1. The van der Waals surface area contributed by atoms with Crippen molar-refractivity contribution in [2.45, 2.75) is 71.6 Å². The van der Waals surface area contributed by atoms with Gasteiger partial charge in [0, 0.05) is 25.1 Å². The summed E-state index contributed by atoms with van der Waals surface area (Å²) >= 11 is 0. The van der Waals surface area contributed by atoms with E-state index in [-0.39, 0.29) is 12.2 Å². The molecule has 0 bridgehead atoms. The number of ether oxygens (including phenoxy) is 4. The third-order valence-electron chi connectivity index (χ3n) is 5.63. The molecule has 1 atom stereocenters. The van der Waals surface area contributed by atoms with Gasteiger partial charge in [0.1, 0.15) is 24.5 Å². The van der Waals surface area contributed by atoms with Gasteiger partial charge in [-0.3, -0.25) is 4.57 Å². The van der Waals surface area contributed by atoms with E-state index in [0.29, 0.717) is 21.4 Å². The second-order valence-electron chi connectivity index (χ2n) is 11.3. The summed E-state index contributed by atoms with van der Waals surface area (Å²) in [5.41, 5.74) is -0.410. The normalized spacial score (nSPS) is 13.4. The Morgan fingerprint density at radius 1 is 0.875 bits per heavy atom. The molecule has 2 aromatic carbocycles. The number of rotatable bonds is 8. The van der Waals surface area contributed by atoms with Crippen LogP contribution in [0.1, 0.15) is 52.7 Å². The van der Waals surface area contributed by atoms with Crippen molar-refractivity contribution < 1.29 is 37.7 Å². The molecule has 10 heteroatoms. The standard InChI is InChI=1S/C30H37FN2O7/c1-28(2,3)39-26(35)32-18-22(23-15-11-12-16-24(23)32)17-30(31,25(34)38-19-21-13-9-8-10-14-21)33(20-37-7)27(36)40-29(4,5)6/h8-16,18H,17,19-20H2,1-7H3/t30-/m0/s1. The molecule has 1 heterocycles. The average molecular weight is 557 g/mol. The highest BCUT2D eigenvalue weighted by Gasteiger charge is 2.51. The summed E-state index contributed by atoms with van der Waals surface area (Å²) in [6, 6.07) is 15.6. The number of aromatic nitrogens is 1. The van der Waals surface area contributed by atoms with E-state index < -0.39 is 48.3 Å². The van der Waals surface area contributed by atoms with Crippen molar-refractivity contribution in [2.75, 3.05) is 13.8 Å². The molecule has 0 fully saturated rings. The molecule has 0 aliphatic heterocycles. The Morgan fingerprint density at radius 2 is 1.48 bits per heavy atom. The van der Waals surface area contributed by atoms with Crippen LogP contribution in [0.15, 0.2) is 60.8 Å². The lowest BCUT2D eigenvalue weighted by Gasteiger charge is -2.36. The Morgan fingerprint density at radius 3 is 2.08 bits per heavy atom. The van der Waals surface area contributed by atoms with E-state index in [9.17, 15) is 14.4 Å². The fourth-order valence-electron chi connectivity index (χ4n) is 3.96. The highest BCUT2D eigenvalue weighted by Crippen LogP contribution is 2.32. The van der Waals surface area contributed by atoms with Crippen LogP contribution in [0.25, 0.3) is 10.9 Å². The van der Waals surface area contributed by atoms with E-state index in [0.717, 1.165) is 0 Å². The molecule has 0 radical (unpaired) electrons. The van der Waals surface area contributed by atoms with E-state index in [1.54, 1.807) is 96.1 Å². The van der Waals surface area contributed by atoms with Crippen molar-refractivity contribution in [3.05, 3.63) is 71.9 Å². The molecule has 0 saturated carbocycles. The Kier molecular flexibility index (Phi) is 9.25. The van der Waals surface area contributed by atoms with E-state index in [2.05, 4.69) is 0 Å². The van der Waals surface area contributed by atoms with Crippen LogP contribution in [-0.2, 0) is 36.8 Å². The third kappa shape index (κ3) is 7.59. The molecule has 3 aromatic rings. The van der Waals surface area contributed by atoms with Gasteiger partial charge in [-0.05, 0) is 58.7 Å². The number of esters is 1. The maximum absolute atomic E-state index is 17.2. The zero-order chi connectivity index (χ0) is 29.7. The number of fused-ring (bicyclic) bond motifs is 1. The molecular formula is C30H37FN2O7. The molecule has 40 heavy (non-hydrogen) atoms. The lowest BCUT2D eigenvalue weighted by atomic mass is 10.0. The first kappa shape index (κ1) is 30.6. The highest BCUT2D eigenvalue weighted by atomic mass is 19.1. The Bertz CT molecular complexity index is 1340. The summed E-state index contributed by atoms with van der Waals surface area (Å²) in [4.78, 5) is 40.2. The fourth-order valence-corrected chi connectivity index (χ4v) is 3.96. The van der Waals surface area contributed by atoms with Gasteiger partial charge in [0.05, 0.1) is 5.52 Å². The molecular weight excluding hydrogens is 519 g/mol. The van der Waals surface area contributed by atoms with Gasteiger partial charge in [0.25, 0.3) is 5.79 Å². The van der Waals surface area contributed by atoms with Crippen molar-refractivity contribution in [2.24, 2.45) is 0 Å². The minimum absolute atomic E-state index is 0.222. The third-order valence-corrected chi connectivity index (χ3v) is 5.63. The van der Waals surface area contributed by atoms with Gasteiger partial charge in [-0.15, -0.1) is 0 Å². The van der Waals surface area contributed by atoms with Gasteiger partial charge in [0.2, 0.25) is 0 Å². The van der Waals surface area contributed by atoms with E-state index in [1.165, 1.54) is 17.9 Å². The predicted molar refractivity (Wildman–Crippen MR) is 147 cm³/mol. The molecule has 0 spiro atoms. The van der Waals surface area contributed by atoms with Crippen LogP contribution in [0.4, 0.5) is 14.0 Å². The number of halogens is 1. The molecule has 0 N–H and O–H groups in total. The molecule has 216 valence electrons. The number of hydrogen-bond acceptors (Lipinski definition) is 7. The second kappa shape index (κ2) is 12.1. The zero-order valence-electron chi connectivity index (χ0n) is 24.0. The Labute approximate surface area is 233 Å². The van der Waals surface area contributed by atoms with Crippen LogP contribution in [-0.4, -0.2) is 58.5 Å². The summed E-state index contributed by atoms with van der Waals surface area (Å²) in [6.45, 7) is 9.24. The summed E-state index contributed by atoms with van der Waals surface area (Å²) in [6.07, 6.45) is -1.03. The molecule has 0 unspecified atom stereocenters. The van der Waals surface area contributed by atoms with Crippen molar-refractivity contribution in [3.8, 4) is 0 Å². The lowest BCUT2D eigenvalue weighted by molar-refractivity contribution is -0.179. The van der Waals surface area contributed by atoms with E-state index >= 15 is 4.39 Å². The Balaban J connectivity index is 2.08. The number of para-hydroxylation sites is 1. The quantitative estimate of drug-likeness (QED) is 0.141. The highest BCUT2D eigenvalue weighted by molar-refractivity contribution is 5.93. The van der Waals surface area contributed by atoms with Crippen molar-refractivity contribution in [1.82, 2.24) is 9.47 Å². The number of alkyl halides is 1. The monoisotopic (exact) mass is 556 g/mol. The summed E-state index contributed by atoms with van der Waals surface area (Å²) in [5, 5.41) is 0.493. The van der Waals surface area contributed by atoms with Gasteiger partial charge in [-0.25, -0.2) is 23.7 Å². The fraction of sp³-hybridized carbons (Fsp3) is 0.433. The minimum Gasteiger partial charge on any atom is -0.457 e. The van der Waals surface area contributed by atoms with Gasteiger partial charge >= 0.3 is 18.2 Å². The number of carbonyl (C=O) groups is 3. The lowest BCUT2D eigenvalue weighted by Crippen LogP contribution is -2.57. The number of hydrogen-bond donors (Lipinski definition) is 0. The summed E-state index contributed by atoms with van der Waals surface area (Å²) < 4.78 is 39.9. The summed E-state index contributed by atoms with van der Waals surface area (Å²) in [5.74, 6) is -4.37.